The SMILES string of the molecule is CCOc1cc(/C=N/NC(=O)c2ccc(-c3csc(C)n3)cc2)cc(Cl)c1OCC(=O)Nc1ccc(Cl)c(Cl)c1. The molecule has 0 fully saturated rings. The number of amides is 2. The number of hydrazone groups is 1. The second kappa shape index (κ2) is 13.6. The molecular weight excluding hydrogens is 595 g/mol. The van der Waals surface area contributed by atoms with E-state index in [1.807, 2.05) is 24.4 Å². The molecular formula is C28H23Cl3N4O4S. The standard InChI is InChI=1S/C28H23Cl3N4O4S/c1-3-38-25-11-17(10-23(31)27(25)39-14-26(36)34-20-8-9-21(29)22(30)12-20)13-32-35-28(37)19-6-4-18(5-7-19)24-15-40-16(2)33-24/h4-13,15H,3,14H2,1-2H3,(H,34,36)(H,35,37)/b32-13+. The van der Waals surface area contributed by atoms with E-state index in [9.17, 15) is 9.59 Å². The van der Waals surface area contributed by atoms with Gasteiger partial charge in [-0.2, -0.15) is 5.10 Å². The highest BCUT2D eigenvalue weighted by molar-refractivity contribution is 7.09. The van der Waals surface area contributed by atoms with Gasteiger partial charge in [0.2, 0.25) is 0 Å². The Morgan fingerprint density at radius 2 is 1.77 bits per heavy atom. The Balaban J connectivity index is 1.38. The maximum absolute atomic E-state index is 12.5. The molecule has 2 N–H and O–H groups in total. The third-order valence-corrected chi connectivity index (χ3v) is 7.12. The fourth-order valence-electron chi connectivity index (χ4n) is 3.49. The van der Waals surface area contributed by atoms with Crippen molar-refractivity contribution in [1.82, 2.24) is 10.4 Å². The second-order valence-electron chi connectivity index (χ2n) is 8.26. The van der Waals surface area contributed by atoms with Gasteiger partial charge in [0.05, 0.1) is 38.6 Å². The van der Waals surface area contributed by atoms with E-state index in [1.165, 1.54) is 12.3 Å². The number of aromatic nitrogens is 1. The zero-order valence-electron chi connectivity index (χ0n) is 21.3. The van der Waals surface area contributed by atoms with Crippen LogP contribution in [-0.2, 0) is 4.79 Å². The van der Waals surface area contributed by atoms with Gasteiger partial charge in [0.25, 0.3) is 11.8 Å². The molecule has 0 aliphatic carbocycles. The molecule has 0 atom stereocenters. The molecule has 4 aromatic rings. The van der Waals surface area contributed by atoms with Crippen LogP contribution >= 0.6 is 46.1 Å². The van der Waals surface area contributed by atoms with Gasteiger partial charge in [-0.25, -0.2) is 10.4 Å². The van der Waals surface area contributed by atoms with E-state index >= 15 is 0 Å². The van der Waals surface area contributed by atoms with Gasteiger partial charge in [-0.3, -0.25) is 9.59 Å². The number of hydrogen-bond donors (Lipinski definition) is 2. The number of thiazole rings is 1. The number of aryl methyl sites for hydroxylation is 1. The van der Waals surface area contributed by atoms with Crippen LogP contribution in [0.3, 0.4) is 0 Å². The van der Waals surface area contributed by atoms with E-state index in [0.717, 1.165) is 16.3 Å². The van der Waals surface area contributed by atoms with E-state index in [1.54, 1.807) is 54.7 Å². The van der Waals surface area contributed by atoms with Gasteiger partial charge >= 0.3 is 0 Å². The van der Waals surface area contributed by atoms with Gasteiger partial charge < -0.3 is 14.8 Å². The lowest BCUT2D eigenvalue weighted by Gasteiger charge is -2.14. The number of anilines is 1. The first-order valence-electron chi connectivity index (χ1n) is 11.9. The summed E-state index contributed by atoms with van der Waals surface area (Å²) in [6.07, 6.45) is 1.43. The summed E-state index contributed by atoms with van der Waals surface area (Å²) in [6.45, 7) is 3.75. The van der Waals surface area contributed by atoms with Crippen molar-refractivity contribution in [3.8, 4) is 22.8 Å². The molecule has 4 rings (SSSR count). The highest BCUT2D eigenvalue weighted by Gasteiger charge is 2.15. The Morgan fingerprint density at radius 1 is 1.00 bits per heavy atom. The zero-order chi connectivity index (χ0) is 28.6. The molecule has 0 saturated heterocycles. The molecule has 0 bridgehead atoms. The summed E-state index contributed by atoms with van der Waals surface area (Å²) in [5.74, 6) is -0.288. The molecule has 0 radical (unpaired) electrons. The first-order valence-corrected chi connectivity index (χ1v) is 13.9. The summed E-state index contributed by atoms with van der Waals surface area (Å²) in [7, 11) is 0. The third kappa shape index (κ3) is 7.73. The summed E-state index contributed by atoms with van der Waals surface area (Å²) in [6, 6.07) is 15.1. The lowest BCUT2D eigenvalue weighted by Crippen LogP contribution is -2.20. The van der Waals surface area contributed by atoms with Crippen molar-refractivity contribution in [3.63, 3.8) is 0 Å². The topological polar surface area (TPSA) is 102 Å². The lowest BCUT2D eigenvalue weighted by atomic mass is 10.1. The van der Waals surface area contributed by atoms with Crippen molar-refractivity contribution in [1.29, 1.82) is 0 Å². The van der Waals surface area contributed by atoms with Gasteiger partial charge in [0.15, 0.2) is 18.1 Å². The van der Waals surface area contributed by atoms with Crippen LogP contribution in [0.1, 0.15) is 27.9 Å². The van der Waals surface area contributed by atoms with Gasteiger partial charge in [0.1, 0.15) is 0 Å². The summed E-state index contributed by atoms with van der Waals surface area (Å²) in [5.41, 5.74) is 5.77. The fourth-order valence-corrected chi connectivity index (χ4v) is 4.69. The summed E-state index contributed by atoms with van der Waals surface area (Å²) in [4.78, 5) is 29.4. The van der Waals surface area contributed by atoms with Crippen molar-refractivity contribution in [3.05, 3.63) is 91.2 Å². The first kappa shape index (κ1) is 29.4. The Labute approximate surface area is 249 Å². The Bertz CT molecular complexity index is 1560. The highest BCUT2D eigenvalue weighted by atomic mass is 35.5. The number of nitrogens with one attached hydrogen (secondary N) is 2. The molecule has 2 amide bonds. The number of carbonyl (C=O) groups is 2. The average molecular weight is 618 g/mol. The molecule has 0 unspecified atom stereocenters. The van der Waals surface area contributed by atoms with Crippen LogP contribution in [0.5, 0.6) is 11.5 Å². The maximum atomic E-state index is 12.5. The van der Waals surface area contributed by atoms with E-state index in [0.29, 0.717) is 39.2 Å². The molecule has 8 nitrogen and oxygen atoms in total. The zero-order valence-corrected chi connectivity index (χ0v) is 24.4. The predicted octanol–water partition coefficient (Wildman–Crippen LogP) is 7.26. The van der Waals surface area contributed by atoms with E-state index in [-0.39, 0.29) is 23.3 Å². The number of halogens is 3. The second-order valence-corrected chi connectivity index (χ2v) is 10.5. The van der Waals surface area contributed by atoms with Crippen LogP contribution in [-0.4, -0.2) is 36.2 Å². The number of hydrogen-bond acceptors (Lipinski definition) is 7. The van der Waals surface area contributed by atoms with Crippen molar-refractivity contribution in [2.45, 2.75) is 13.8 Å². The molecule has 206 valence electrons. The number of nitrogens with zero attached hydrogens (tertiary/aromatic N) is 2. The van der Waals surface area contributed by atoms with Crippen molar-refractivity contribution in [2.75, 3.05) is 18.5 Å². The molecule has 0 aliphatic heterocycles. The molecule has 1 aromatic heterocycles. The third-order valence-electron chi connectivity index (χ3n) is 5.32. The minimum atomic E-state index is -0.431. The van der Waals surface area contributed by atoms with Crippen LogP contribution < -0.4 is 20.2 Å². The highest BCUT2D eigenvalue weighted by Crippen LogP contribution is 2.36. The molecule has 1 heterocycles. The molecule has 0 aliphatic rings. The van der Waals surface area contributed by atoms with E-state index < -0.39 is 5.91 Å². The Kier molecular flexibility index (Phi) is 10.0. The molecule has 0 spiro atoms. The maximum Gasteiger partial charge on any atom is 0.271 e. The number of ether oxygens (including phenoxy) is 2. The Morgan fingerprint density at radius 3 is 2.45 bits per heavy atom. The number of carbonyl (C=O) groups excluding carboxylic acids is 2. The smallest absolute Gasteiger partial charge is 0.271 e. The summed E-state index contributed by atoms with van der Waals surface area (Å²) >= 11 is 19.9. The molecule has 40 heavy (non-hydrogen) atoms. The minimum absolute atomic E-state index is 0.199. The first-order chi connectivity index (χ1) is 19.2. The van der Waals surface area contributed by atoms with Gasteiger partial charge in [-0.05, 0) is 61.9 Å². The van der Waals surface area contributed by atoms with Crippen LogP contribution in [0.25, 0.3) is 11.3 Å². The van der Waals surface area contributed by atoms with Crippen LogP contribution in [0, 0.1) is 6.92 Å². The van der Waals surface area contributed by atoms with E-state index in [4.69, 9.17) is 44.3 Å². The number of rotatable bonds is 10. The van der Waals surface area contributed by atoms with E-state index in [2.05, 4.69) is 20.8 Å². The Hall–Kier alpha value is -3.63. The van der Waals surface area contributed by atoms with Crippen LogP contribution in [0.4, 0.5) is 5.69 Å². The van der Waals surface area contributed by atoms with Crippen LogP contribution in [0.15, 0.2) is 65.1 Å². The molecule has 3 aromatic carbocycles. The van der Waals surface area contributed by atoms with Gasteiger partial charge in [-0.1, -0.05) is 46.9 Å². The molecule has 12 heteroatoms. The minimum Gasteiger partial charge on any atom is -0.490 e. The van der Waals surface area contributed by atoms with Gasteiger partial charge in [0, 0.05) is 22.2 Å². The quantitative estimate of drug-likeness (QED) is 0.144. The predicted molar refractivity (Wildman–Crippen MR) is 161 cm³/mol. The van der Waals surface area contributed by atoms with Crippen LogP contribution in [0.2, 0.25) is 15.1 Å². The molecule has 0 saturated carbocycles. The van der Waals surface area contributed by atoms with Crippen molar-refractivity contribution in [2.24, 2.45) is 5.10 Å². The van der Waals surface area contributed by atoms with Crippen molar-refractivity contribution < 1.29 is 19.1 Å². The fraction of sp³-hybridized carbons (Fsp3) is 0.143. The van der Waals surface area contributed by atoms with Crippen molar-refractivity contribution >= 4 is 69.9 Å². The average Bonchev–Trinajstić information content (AvgIpc) is 3.36. The van der Waals surface area contributed by atoms with Gasteiger partial charge in [-0.15, -0.1) is 11.3 Å². The lowest BCUT2D eigenvalue weighted by molar-refractivity contribution is -0.118. The largest absolute Gasteiger partial charge is 0.490 e. The normalized spacial score (nSPS) is 10.9. The number of benzene rings is 3. The summed E-state index contributed by atoms with van der Waals surface area (Å²) in [5, 5.41) is 10.5. The monoisotopic (exact) mass is 616 g/mol. The summed E-state index contributed by atoms with van der Waals surface area (Å²) < 4.78 is 11.3.